The van der Waals surface area contributed by atoms with Crippen molar-refractivity contribution in [3.8, 4) is 0 Å². The van der Waals surface area contributed by atoms with Crippen LogP contribution in [0.15, 0.2) is 12.1 Å². The number of nitrogens with zero attached hydrogens (tertiary/aromatic N) is 3. The zero-order chi connectivity index (χ0) is 18.1. The largest absolute Gasteiger partial charge is 0.418 e. The molecule has 0 aromatic heterocycles. The van der Waals surface area contributed by atoms with E-state index in [1.54, 1.807) is 0 Å². The fourth-order valence-corrected chi connectivity index (χ4v) is 1.86. The van der Waals surface area contributed by atoms with Gasteiger partial charge in [-0.1, -0.05) is 0 Å². The summed E-state index contributed by atoms with van der Waals surface area (Å²) in [5.41, 5.74) is -4.81. The van der Waals surface area contributed by atoms with Crippen LogP contribution in [0, 0.1) is 0 Å². The van der Waals surface area contributed by atoms with Crippen LogP contribution in [0.4, 0.5) is 30.2 Å². The van der Waals surface area contributed by atoms with Crippen molar-refractivity contribution in [1.82, 2.24) is 0 Å². The smallest absolute Gasteiger partial charge is 0.274 e. The summed E-state index contributed by atoms with van der Waals surface area (Å²) in [7, 11) is 0. The number of halogens is 3. The maximum Gasteiger partial charge on any atom is 0.418 e. The number of rotatable bonds is 3. The molecule has 12 heteroatoms. The van der Waals surface area contributed by atoms with E-state index in [1.165, 1.54) is 0 Å². The van der Waals surface area contributed by atoms with Crippen molar-refractivity contribution in [2.45, 2.75) is 20.0 Å². The molecule has 0 aliphatic carbocycles. The van der Waals surface area contributed by atoms with Gasteiger partial charge in [-0.05, 0) is 12.1 Å². The highest BCUT2D eigenvalue weighted by Gasteiger charge is 2.40. The minimum absolute atomic E-state index is 0.0699. The molecule has 1 aromatic rings. The van der Waals surface area contributed by atoms with Crippen LogP contribution in [0.5, 0.6) is 0 Å². The van der Waals surface area contributed by atoms with Crippen molar-refractivity contribution < 1.29 is 43.6 Å². The van der Waals surface area contributed by atoms with E-state index in [4.69, 9.17) is 20.8 Å². The fraction of sp³-hybridized carbons (Fsp3) is 0.273. The van der Waals surface area contributed by atoms with Gasteiger partial charge < -0.3 is 0 Å². The van der Waals surface area contributed by atoms with Crippen LogP contribution in [0.1, 0.15) is 19.4 Å². The van der Waals surface area contributed by atoms with E-state index < -0.39 is 51.1 Å². The lowest BCUT2D eigenvalue weighted by atomic mass is 10.1. The molecule has 9 nitrogen and oxygen atoms in total. The average molecular weight is 339 g/mol. The summed E-state index contributed by atoms with van der Waals surface area (Å²) >= 11 is 0. The zero-order valence-corrected chi connectivity index (χ0v) is 11.7. The third-order valence-corrected chi connectivity index (χ3v) is 2.68. The first-order valence-electron chi connectivity index (χ1n) is 5.80. The maximum absolute atomic E-state index is 13.2. The van der Waals surface area contributed by atoms with Gasteiger partial charge in [0.2, 0.25) is 11.8 Å². The fourth-order valence-electron chi connectivity index (χ4n) is 1.86. The predicted molar refractivity (Wildman–Crippen MR) is 67.4 cm³/mol. The van der Waals surface area contributed by atoms with Crippen molar-refractivity contribution >= 4 is 28.9 Å². The van der Waals surface area contributed by atoms with Gasteiger partial charge in [0.05, 0.1) is 16.9 Å². The van der Waals surface area contributed by atoms with Crippen molar-refractivity contribution in [2.24, 2.45) is 0 Å². The van der Waals surface area contributed by atoms with Gasteiger partial charge in [-0.25, -0.2) is 4.90 Å². The number of imide groups is 1. The average Bonchev–Trinajstić information content (AvgIpc) is 2.35. The quantitative estimate of drug-likeness (QED) is 0.614. The molecule has 0 saturated heterocycles. The molecule has 0 bridgehead atoms. The standard InChI is InChI=1S/C11H12F3N3O6/c1-5(18)15(6(2)19)10-8(11(12,13)14)3-7(16(20)21)4-9(10)17(22)23/h3-4,20-23H,1-2H3. The molecule has 0 unspecified atom stereocenters. The molecule has 1 rings (SSSR count). The van der Waals surface area contributed by atoms with Gasteiger partial charge >= 0.3 is 6.18 Å². The Balaban J connectivity index is 3.90. The van der Waals surface area contributed by atoms with E-state index in [-0.39, 0.29) is 11.0 Å². The minimum atomic E-state index is -5.16. The molecule has 0 aliphatic heterocycles. The van der Waals surface area contributed by atoms with E-state index in [1.807, 2.05) is 0 Å². The monoisotopic (exact) mass is 339 g/mol. The molecular formula is C11H12F3N3O6. The van der Waals surface area contributed by atoms with Crippen LogP contribution in [0.3, 0.4) is 0 Å². The number of anilines is 3. The Kier molecular flexibility index (Phi) is 5.17. The van der Waals surface area contributed by atoms with Gasteiger partial charge in [0.15, 0.2) is 0 Å². The number of hydrogen-bond acceptors (Lipinski definition) is 8. The van der Waals surface area contributed by atoms with E-state index >= 15 is 0 Å². The highest BCUT2D eigenvalue weighted by Crippen LogP contribution is 2.44. The van der Waals surface area contributed by atoms with Crippen LogP contribution < -0.4 is 15.4 Å². The molecule has 0 fully saturated rings. The Morgan fingerprint density at radius 2 is 1.43 bits per heavy atom. The molecule has 2 amide bonds. The van der Waals surface area contributed by atoms with Crippen molar-refractivity contribution in [3.63, 3.8) is 0 Å². The van der Waals surface area contributed by atoms with E-state index in [9.17, 15) is 22.8 Å². The number of amides is 2. The summed E-state index contributed by atoms with van der Waals surface area (Å²) in [5, 5.41) is 34.5. The summed E-state index contributed by atoms with van der Waals surface area (Å²) in [5.74, 6) is -2.24. The second-order valence-corrected chi connectivity index (χ2v) is 4.31. The Morgan fingerprint density at radius 1 is 0.957 bits per heavy atom. The molecule has 0 atom stereocenters. The highest BCUT2D eigenvalue weighted by atomic mass is 19.4. The van der Waals surface area contributed by atoms with Crippen molar-refractivity contribution in [2.75, 3.05) is 15.4 Å². The molecule has 128 valence electrons. The maximum atomic E-state index is 13.2. The van der Waals surface area contributed by atoms with Crippen LogP contribution in [0.25, 0.3) is 0 Å². The third kappa shape index (κ3) is 3.87. The molecular weight excluding hydrogens is 327 g/mol. The van der Waals surface area contributed by atoms with Crippen LogP contribution in [0.2, 0.25) is 0 Å². The van der Waals surface area contributed by atoms with Gasteiger partial charge in [0.1, 0.15) is 5.69 Å². The Bertz CT molecular complexity index is 618. The molecule has 0 radical (unpaired) electrons. The second-order valence-electron chi connectivity index (χ2n) is 4.31. The van der Waals surface area contributed by atoms with Gasteiger partial charge in [-0.15, -0.1) is 10.5 Å². The lowest BCUT2D eigenvalue weighted by Crippen LogP contribution is -2.36. The van der Waals surface area contributed by atoms with Crippen LogP contribution >= 0.6 is 0 Å². The third-order valence-electron chi connectivity index (χ3n) is 2.68. The molecule has 0 spiro atoms. The Labute approximate surface area is 126 Å². The predicted octanol–water partition coefficient (Wildman–Crippen LogP) is 1.77. The SMILES string of the molecule is CC(=O)N(C(C)=O)c1c(N(O)O)cc(N(O)O)cc1C(F)(F)F. The van der Waals surface area contributed by atoms with Crippen LogP contribution in [-0.4, -0.2) is 32.6 Å². The normalized spacial score (nSPS) is 11.2. The number of benzene rings is 1. The van der Waals surface area contributed by atoms with Crippen molar-refractivity contribution in [1.29, 1.82) is 0 Å². The summed E-state index contributed by atoms with van der Waals surface area (Å²) in [4.78, 5) is 23.1. The van der Waals surface area contributed by atoms with Gasteiger partial charge in [0, 0.05) is 13.8 Å². The second kappa shape index (κ2) is 6.37. The molecule has 0 aliphatic rings. The summed E-state index contributed by atoms with van der Waals surface area (Å²) in [6.07, 6.45) is -5.16. The number of hydrogen-bond donors (Lipinski definition) is 4. The Hall–Kier alpha value is -2.41. The molecule has 0 saturated carbocycles. The molecule has 23 heavy (non-hydrogen) atoms. The molecule has 4 N–H and O–H groups in total. The zero-order valence-electron chi connectivity index (χ0n) is 11.7. The number of carbonyl (C=O) groups is 2. The Morgan fingerprint density at radius 3 is 1.74 bits per heavy atom. The van der Waals surface area contributed by atoms with Gasteiger partial charge in [-0.3, -0.25) is 30.4 Å². The lowest BCUT2D eigenvalue weighted by Gasteiger charge is -2.27. The van der Waals surface area contributed by atoms with Crippen molar-refractivity contribution in [3.05, 3.63) is 17.7 Å². The van der Waals surface area contributed by atoms with Gasteiger partial charge in [0.25, 0.3) is 0 Å². The minimum Gasteiger partial charge on any atom is -0.274 e. The van der Waals surface area contributed by atoms with Crippen LogP contribution in [-0.2, 0) is 15.8 Å². The number of alkyl halides is 3. The lowest BCUT2D eigenvalue weighted by molar-refractivity contribution is -0.137. The summed E-state index contributed by atoms with van der Waals surface area (Å²) in [6, 6.07) is 0.713. The first-order valence-corrected chi connectivity index (χ1v) is 5.80. The summed E-state index contributed by atoms with van der Waals surface area (Å²) < 4.78 is 39.6. The summed E-state index contributed by atoms with van der Waals surface area (Å²) in [6.45, 7) is 1.59. The topological polar surface area (TPSA) is 125 Å². The number of carbonyl (C=O) groups excluding carboxylic acids is 2. The first kappa shape index (κ1) is 18.6. The molecule has 1 aromatic carbocycles. The van der Waals surface area contributed by atoms with E-state index in [2.05, 4.69) is 0 Å². The first-order chi connectivity index (χ1) is 10.4. The van der Waals surface area contributed by atoms with E-state index in [0.29, 0.717) is 6.07 Å². The van der Waals surface area contributed by atoms with Gasteiger partial charge in [-0.2, -0.15) is 13.2 Å². The van der Waals surface area contributed by atoms with E-state index in [0.717, 1.165) is 13.8 Å². The molecule has 0 heterocycles. The highest BCUT2D eigenvalue weighted by molar-refractivity contribution is 6.15.